The molecular formula is C11H17N3O. The molecule has 0 saturated carbocycles. The van der Waals surface area contributed by atoms with E-state index in [0.717, 1.165) is 45.3 Å². The van der Waals surface area contributed by atoms with Crippen LogP contribution in [0.5, 0.6) is 0 Å². The molecule has 2 aliphatic heterocycles. The summed E-state index contributed by atoms with van der Waals surface area (Å²) >= 11 is 0. The lowest BCUT2D eigenvalue weighted by atomic mass is 10.0. The summed E-state index contributed by atoms with van der Waals surface area (Å²) in [6, 6.07) is 2.41. The van der Waals surface area contributed by atoms with Crippen molar-refractivity contribution < 1.29 is 4.79 Å². The van der Waals surface area contributed by atoms with Crippen LogP contribution < -0.4 is 0 Å². The fraction of sp³-hybridized carbons (Fsp3) is 0.818. The second-order valence-electron chi connectivity index (χ2n) is 4.39. The summed E-state index contributed by atoms with van der Waals surface area (Å²) in [5.41, 5.74) is 0. The number of hydrogen-bond acceptors (Lipinski definition) is 2. The molecule has 0 N–H and O–H groups in total. The Kier molecular flexibility index (Phi) is 3.10. The molecule has 2 rings (SSSR count). The third-order valence-corrected chi connectivity index (χ3v) is 3.25. The van der Waals surface area contributed by atoms with Crippen LogP contribution in [-0.4, -0.2) is 42.0 Å². The van der Waals surface area contributed by atoms with Crippen molar-refractivity contribution in [3.05, 3.63) is 0 Å². The number of urea groups is 1. The number of carbonyl (C=O) groups excluding carboxylic acids is 1. The zero-order chi connectivity index (χ0) is 10.7. The van der Waals surface area contributed by atoms with Crippen LogP contribution in [0, 0.1) is 17.2 Å². The van der Waals surface area contributed by atoms with Crippen LogP contribution in [0.1, 0.15) is 25.7 Å². The molecule has 2 saturated heterocycles. The molecule has 0 aliphatic carbocycles. The van der Waals surface area contributed by atoms with Crippen LogP contribution >= 0.6 is 0 Å². The van der Waals surface area contributed by atoms with Crippen molar-refractivity contribution in [1.82, 2.24) is 9.80 Å². The molecule has 4 heteroatoms. The normalized spacial score (nSPS) is 26.5. The maximum absolute atomic E-state index is 12.0. The summed E-state index contributed by atoms with van der Waals surface area (Å²) in [6.07, 6.45) is 4.17. The molecule has 1 atom stereocenters. The maximum Gasteiger partial charge on any atom is 0.320 e. The molecule has 2 fully saturated rings. The monoisotopic (exact) mass is 207 g/mol. The van der Waals surface area contributed by atoms with E-state index >= 15 is 0 Å². The van der Waals surface area contributed by atoms with Gasteiger partial charge in [0, 0.05) is 26.2 Å². The van der Waals surface area contributed by atoms with E-state index in [9.17, 15) is 4.79 Å². The third-order valence-electron chi connectivity index (χ3n) is 3.25. The Hall–Kier alpha value is -1.24. The van der Waals surface area contributed by atoms with Crippen LogP contribution in [0.4, 0.5) is 4.79 Å². The highest BCUT2D eigenvalue weighted by molar-refractivity contribution is 5.74. The molecule has 0 aromatic heterocycles. The van der Waals surface area contributed by atoms with E-state index in [1.54, 1.807) is 0 Å². The van der Waals surface area contributed by atoms with Gasteiger partial charge < -0.3 is 9.80 Å². The van der Waals surface area contributed by atoms with Crippen molar-refractivity contribution in [2.45, 2.75) is 25.7 Å². The maximum atomic E-state index is 12.0. The average Bonchev–Trinajstić information content (AvgIpc) is 2.81. The quantitative estimate of drug-likeness (QED) is 0.603. The number of nitrogens with zero attached hydrogens (tertiary/aromatic N) is 3. The number of rotatable bonds is 0. The van der Waals surface area contributed by atoms with Gasteiger partial charge in [-0.15, -0.1) is 0 Å². The smallest absolute Gasteiger partial charge is 0.320 e. The minimum absolute atomic E-state index is 0.0466. The summed E-state index contributed by atoms with van der Waals surface area (Å²) in [6.45, 7) is 3.25. The molecule has 0 bridgehead atoms. The van der Waals surface area contributed by atoms with Crippen LogP contribution in [0.2, 0.25) is 0 Å². The molecule has 2 heterocycles. The van der Waals surface area contributed by atoms with Gasteiger partial charge in [-0.25, -0.2) is 4.79 Å². The molecule has 1 unspecified atom stereocenters. The standard InChI is InChI=1S/C11H17N3O/c12-8-10-4-3-7-14(9-10)11(15)13-5-1-2-6-13/h10H,1-7,9H2. The zero-order valence-electron chi connectivity index (χ0n) is 8.98. The van der Waals surface area contributed by atoms with E-state index < -0.39 is 0 Å². The van der Waals surface area contributed by atoms with Crippen LogP contribution in [0.25, 0.3) is 0 Å². The lowest BCUT2D eigenvalue weighted by Crippen LogP contribution is -2.46. The third kappa shape index (κ3) is 2.23. The first kappa shape index (κ1) is 10.3. The Morgan fingerprint density at radius 2 is 1.80 bits per heavy atom. The van der Waals surface area contributed by atoms with Gasteiger partial charge >= 0.3 is 6.03 Å². The van der Waals surface area contributed by atoms with Gasteiger partial charge in [0.2, 0.25) is 0 Å². The largest absolute Gasteiger partial charge is 0.325 e. The Morgan fingerprint density at radius 1 is 1.13 bits per heavy atom. The summed E-state index contributed by atoms with van der Waals surface area (Å²) in [4.78, 5) is 15.8. The van der Waals surface area contributed by atoms with E-state index in [0.29, 0.717) is 6.54 Å². The van der Waals surface area contributed by atoms with E-state index in [1.807, 2.05) is 9.80 Å². The molecule has 0 spiro atoms. The second kappa shape index (κ2) is 4.52. The van der Waals surface area contributed by atoms with Crippen molar-refractivity contribution in [2.24, 2.45) is 5.92 Å². The highest BCUT2D eigenvalue weighted by Gasteiger charge is 2.28. The summed E-state index contributed by atoms with van der Waals surface area (Å²) in [7, 11) is 0. The van der Waals surface area contributed by atoms with E-state index in [1.165, 1.54) is 0 Å². The highest BCUT2D eigenvalue weighted by Crippen LogP contribution is 2.18. The number of hydrogen-bond donors (Lipinski definition) is 0. The Balaban J connectivity index is 1.92. The molecular weight excluding hydrogens is 190 g/mol. The van der Waals surface area contributed by atoms with Crippen molar-refractivity contribution in [3.63, 3.8) is 0 Å². The van der Waals surface area contributed by atoms with Gasteiger partial charge in [-0.05, 0) is 25.7 Å². The van der Waals surface area contributed by atoms with Gasteiger partial charge in [0.15, 0.2) is 0 Å². The van der Waals surface area contributed by atoms with Gasteiger partial charge in [0.1, 0.15) is 0 Å². The van der Waals surface area contributed by atoms with E-state index in [4.69, 9.17) is 5.26 Å². The van der Waals surface area contributed by atoms with Gasteiger partial charge in [-0.3, -0.25) is 0 Å². The fourth-order valence-electron chi connectivity index (χ4n) is 2.36. The molecule has 4 nitrogen and oxygen atoms in total. The first-order valence-corrected chi connectivity index (χ1v) is 5.75. The van der Waals surface area contributed by atoms with Crippen LogP contribution in [0.3, 0.4) is 0 Å². The predicted molar refractivity (Wildman–Crippen MR) is 56.1 cm³/mol. The predicted octanol–water partition coefficient (Wildman–Crippen LogP) is 1.44. The van der Waals surface area contributed by atoms with E-state index in [2.05, 4.69) is 6.07 Å². The Bertz CT molecular complexity index is 278. The number of amides is 2. The van der Waals surface area contributed by atoms with Crippen molar-refractivity contribution in [1.29, 1.82) is 5.26 Å². The van der Waals surface area contributed by atoms with Gasteiger partial charge in [-0.1, -0.05) is 0 Å². The van der Waals surface area contributed by atoms with Crippen LogP contribution in [0.15, 0.2) is 0 Å². The molecule has 82 valence electrons. The minimum atomic E-state index is 0.0466. The van der Waals surface area contributed by atoms with Crippen LogP contribution in [-0.2, 0) is 0 Å². The second-order valence-corrected chi connectivity index (χ2v) is 4.39. The highest BCUT2D eigenvalue weighted by atomic mass is 16.2. The first-order chi connectivity index (χ1) is 7.31. The summed E-state index contributed by atoms with van der Waals surface area (Å²) in [5.74, 6) is 0.0466. The summed E-state index contributed by atoms with van der Waals surface area (Å²) < 4.78 is 0. The number of piperidine rings is 1. The molecule has 0 aromatic rings. The fourth-order valence-corrected chi connectivity index (χ4v) is 2.36. The average molecular weight is 207 g/mol. The minimum Gasteiger partial charge on any atom is -0.325 e. The molecule has 0 radical (unpaired) electrons. The SMILES string of the molecule is N#CC1CCCN(C(=O)N2CCCC2)C1. The van der Waals surface area contributed by atoms with Gasteiger partial charge in [0.25, 0.3) is 0 Å². The van der Waals surface area contributed by atoms with Gasteiger partial charge in [0.05, 0.1) is 12.0 Å². The van der Waals surface area contributed by atoms with Gasteiger partial charge in [-0.2, -0.15) is 5.26 Å². The topological polar surface area (TPSA) is 47.3 Å². The number of likely N-dealkylation sites (tertiary alicyclic amines) is 2. The number of carbonyl (C=O) groups is 1. The Labute approximate surface area is 90.5 Å². The molecule has 2 amide bonds. The summed E-state index contributed by atoms with van der Waals surface area (Å²) in [5, 5.41) is 8.85. The lowest BCUT2D eigenvalue weighted by molar-refractivity contribution is 0.144. The first-order valence-electron chi connectivity index (χ1n) is 5.75. The molecule has 15 heavy (non-hydrogen) atoms. The molecule has 0 aromatic carbocycles. The van der Waals surface area contributed by atoms with Crippen molar-refractivity contribution >= 4 is 6.03 Å². The zero-order valence-corrected chi connectivity index (χ0v) is 8.98. The lowest BCUT2D eigenvalue weighted by Gasteiger charge is -2.32. The van der Waals surface area contributed by atoms with E-state index in [-0.39, 0.29) is 11.9 Å². The van der Waals surface area contributed by atoms with Crippen molar-refractivity contribution in [2.75, 3.05) is 26.2 Å². The molecule has 2 aliphatic rings. The number of nitriles is 1. The Morgan fingerprint density at radius 3 is 2.47 bits per heavy atom. The van der Waals surface area contributed by atoms with Crippen molar-refractivity contribution in [3.8, 4) is 6.07 Å².